The van der Waals surface area contributed by atoms with Crippen LogP contribution in [0.3, 0.4) is 0 Å². The second kappa shape index (κ2) is 14.8. The minimum atomic E-state index is -4.39. The third-order valence-corrected chi connectivity index (χ3v) is 8.06. The van der Waals surface area contributed by atoms with Crippen LogP contribution in [-0.2, 0) is 6.42 Å². The van der Waals surface area contributed by atoms with Crippen LogP contribution in [0.15, 0.2) is 33.8 Å². The smallest absolute Gasteiger partial charge is 0.404 e. The number of hydrogen-bond acceptors (Lipinski definition) is 6. The highest BCUT2D eigenvalue weighted by molar-refractivity contribution is 9.10. The molecule has 0 N–H and O–H groups in total. The number of halogens is 7. The summed E-state index contributed by atoms with van der Waals surface area (Å²) in [5.41, 5.74) is 1.15. The van der Waals surface area contributed by atoms with Gasteiger partial charge >= 0.3 is 12.8 Å². The van der Waals surface area contributed by atoms with Gasteiger partial charge in [-0.25, -0.2) is 8.70 Å². The molecule has 1 aliphatic carbocycles. The maximum Gasteiger partial charge on any atom is 0.404 e. The highest BCUT2D eigenvalue weighted by Gasteiger charge is 2.39. The fraction of sp³-hybridized carbons (Fsp3) is 0.500. The highest BCUT2D eigenvalue weighted by Crippen LogP contribution is 2.44. The van der Waals surface area contributed by atoms with E-state index < -0.39 is 30.4 Å². The summed E-state index contributed by atoms with van der Waals surface area (Å²) < 4.78 is 87.4. The Kier molecular flexibility index (Phi) is 12.7. The number of rotatable bonds is 10. The van der Waals surface area contributed by atoms with Gasteiger partial charge in [0.05, 0.1) is 15.6 Å². The lowest BCUT2D eigenvalue weighted by molar-refractivity contribution is -0.162. The van der Waals surface area contributed by atoms with E-state index in [1.54, 1.807) is 43.6 Å². The first-order valence-electron chi connectivity index (χ1n) is 12.1. The number of fused-ring (bicyclic) bond motifs is 1. The molecule has 5 nitrogen and oxygen atoms in total. The lowest BCUT2D eigenvalue weighted by atomic mass is 9.92. The summed E-state index contributed by atoms with van der Waals surface area (Å²) in [6.45, 7) is -2.15. The van der Waals surface area contributed by atoms with Gasteiger partial charge in [0.2, 0.25) is 0 Å². The molecule has 1 atom stereocenters. The molecule has 1 fully saturated rings. The highest BCUT2D eigenvalue weighted by atomic mass is 79.9. The summed E-state index contributed by atoms with van der Waals surface area (Å²) >= 11 is 7.58. The molecule has 1 unspecified atom stereocenters. The van der Waals surface area contributed by atoms with Gasteiger partial charge in [-0.2, -0.15) is 39.8 Å². The summed E-state index contributed by atoms with van der Waals surface area (Å²) in [6.07, 6.45) is 5.11. The van der Waals surface area contributed by atoms with Gasteiger partial charge in [0.15, 0.2) is 11.6 Å². The molecule has 0 spiro atoms. The molecule has 1 aromatic carbocycles. The van der Waals surface area contributed by atoms with Crippen LogP contribution in [0.4, 0.5) is 26.3 Å². The molecule has 1 aromatic heterocycles. The van der Waals surface area contributed by atoms with Gasteiger partial charge in [0.1, 0.15) is 12.1 Å². The molecule has 0 saturated heterocycles. The Balaban J connectivity index is 0.00000274. The molecular weight excluding hydrogens is 642 g/mol. The van der Waals surface area contributed by atoms with Gasteiger partial charge in [-0.1, -0.05) is 6.08 Å². The standard InChI is InChI=1S/C25H27BrF6N4OS.CH4S/c1-14(25(30,31)32)35(4)38-16(13-34(2)3)9-6-10-18-17(12-33)21-19(36(18)15-7-5-8-15)11-20(37-24(28)29)23(27)22(21)26;1-2/h6,9,11,13-15,24H,5,7-8,10H2,1-4H3;2H,1H3/b9-6-,16-13+;. The summed E-state index contributed by atoms with van der Waals surface area (Å²) in [6, 6.07) is 1.62. The Bertz CT molecular complexity index is 1270. The minimum Gasteiger partial charge on any atom is -0.432 e. The Hall–Kier alpha value is -1.95. The quantitative estimate of drug-likeness (QED) is 0.119. The molecule has 1 saturated carbocycles. The van der Waals surface area contributed by atoms with Crippen LogP contribution in [0.2, 0.25) is 0 Å². The second-order valence-corrected chi connectivity index (χ2v) is 11.1. The fourth-order valence-electron chi connectivity index (χ4n) is 4.08. The molecule has 40 heavy (non-hydrogen) atoms. The van der Waals surface area contributed by atoms with Gasteiger partial charge in [-0.15, -0.1) is 0 Å². The van der Waals surface area contributed by atoms with E-state index in [0.29, 0.717) is 16.1 Å². The van der Waals surface area contributed by atoms with E-state index in [1.165, 1.54) is 13.1 Å². The van der Waals surface area contributed by atoms with Crippen LogP contribution >= 0.6 is 40.5 Å². The Labute approximate surface area is 248 Å². The Morgan fingerprint density at radius 1 is 1.30 bits per heavy atom. The van der Waals surface area contributed by atoms with Crippen molar-refractivity contribution in [3.05, 3.63) is 50.9 Å². The lowest BCUT2D eigenvalue weighted by Crippen LogP contribution is -2.37. The van der Waals surface area contributed by atoms with Crippen molar-refractivity contribution in [2.24, 2.45) is 0 Å². The predicted molar refractivity (Wildman–Crippen MR) is 154 cm³/mol. The molecule has 0 aliphatic heterocycles. The van der Waals surface area contributed by atoms with Crippen molar-refractivity contribution in [2.75, 3.05) is 27.4 Å². The van der Waals surface area contributed by atoms with Crippen molar-refractivity contribution >= 4 is 51.4 Å². The van der Waals surface area contributed by atoms with Gasteiger partial charge in [0, 0.05) is 54.8 Å². The van der Waals surface area contributed by atoms with E-state index in [4.69, 9.17) is 0 Å². The first-order valence-corrected chi connectivity index (χ1v) is 14.6. The second-order valence-electron chi connectivity index (χ2n) is 9.12. The summed E-state index contributed by atoms with van der Waals surface area (Å²) in [7, 11) is 4.84. The average molecular weight is 674 g/mol. The molecule has 1 aliphatic rings. The van der Waals surface area contributed by atoms with Crippen LogP contribution in [0.1, 0.15) is 43.5 Å². The summed E-state index contributed by atoms with van der Waals surface area (Å²) in [5, 5.41) is 10.3. The first-order chi connectivity index (χ1) is 18.8. The van der Waals surface area contributed by atoms with Gasteiger partial charge in [-0.3, -0.25) is 0 Å². The van der Waals surface area contributed by atoms with Crippen molar-refractivity contribution in [1.82, 2.24) is 13.8 Å². The van der Waals surface area contributed by atoms with Crippen LogP contribution < -0.4 is 4.74 Å². The van der Waals surface area contributed by atoms with Gasteiger partial charge in [0.25, 0.3) is 0 Å². The molecular formula is C26H31BrF6N4OS2. The van der Waals surface area contributed by atoms with Crippen molar-refractivity contribution in [1.29, 1.82) is 5.26 Å². The molecule has 14 heteroatoms. The number of ether oxygens (including phenoxy) is 1. The number of alkyl halides is 5. The van der Waals surface area contributed by atoms with E-state index in [9.17, 15) is 31.6 Å². The largest absolute Gasteiger partial charge is 0.432 e. The molecule has 2 aromatic rings. The monoisotopic (exact) mass is 672 g/mol. The summed E-state index contributed by atoms with van der Waals surface area (Å²) in [4.78, 5) is 2.23. The number of nitrogens with zero attached hydrogens (tertiary/aromatic N) is 4. The van der Waals surface area contributed by atoms with Crippen LogP contribution in [0, 0.1) is 17.1 Å². The van der Waals surface area contributed by atoms with Crippen molar-refractivity contribution in [2.45, 2.75) is 57.5 Å². The molecule has 222 valence electrons. The van der Waals surface area contributed by atoms with Crippen LogP contribution in [0.25, 0.3) is 10.9 Å². The SMILES string of the molecule is CC(N(C)SC(/C=C\Cc1c(C#N)c2c(Br)c(F)c(OC(F)F)cc2n1C1CCC1)=C/N(C)C)C(F)(F)F.CS. The minimum absolute atomic E-state index is 0.00954. The molecule has 0 amide bonds. The molecule has 0 radical (unpaired) electrons. The first kappa shape index (κ1) is 34.3. The number of hydrogen-bond donors (Lipinski definition) is 1. The van der Waals surface area contributed by atoms with Crippen molar-refractivity contribution in [3.8, 4) is 11.8 Å². The topological polar surface area (TPSA) is 44.4 Å². The predicted octanol–water partition coefficient (Wildman–Crippen LogP) is 8.32. The van der Waals surface area contributed by atoms with E-state index in [-0.39, 0.29) is 27.9 Å². The Morgan fingerprint density at radius 3 is 2.40 bits per heavy atom. The molecule has 3 rings (SSSR count). The average Bonchev–Trinajstić information content (AvgIpc) is 3.13. The third-order valence-electron chi connectivity index (χ3n) is 6.26. The molecule has 1 heterocycles. The normalized spacial score (nSPS) is 15.3. The van der Waals surface area contributed by atoms with Crippen molar-refractivity contribution < 1.29 is 31.1 Å². The van der Waals surface area contributed by atoms with Crippen LogP contribution in [-0.4, -0.2) is 60.0 Å². The fourth-order valence-corrected chi connectivity index (χ4v) is 5.70. The number of allylic oxidation sites excluding steroid dienone is 2. The van der Waals surface area contributed by atoms with E-state index >= 15 is 0 Å². The number of aromatic nitrogens is 1. The number of thiol groups is 1. The lowest BCUT2D eigenvalue weighted by Gasteiger charge is -2.30. The van der Waals surface area contributed by atoms with Crippen molar-refractivity contribution in [3.63, 3.8) is 0 Å². The number of nitriles is 1. The van der Waals surface area contributed by atoms with Gasteiger partial charge < -0.3 is 14.2 Å². The zero-order valence-corrected chi connectivity index (χ0v) is 25.9. The zero-order valence-electron chi connectivity index (χ0n) is 22.6. The summed E-state index contributed by atoms with van der Waals surface area (Å²) in [5.74, 6) is -1.66. The van der Waals surface area contributed by atoms with E-state index in [1.807, 2.05) is 4.57 Å². The maximum absolute atomic E-state index is 14.9. The van der Waals surface area contributed by atoms with Gasteiger partial charge in [-0.05, 0) is 73.4 Å². The van der Waals surface area contributed by atoms with E-state index in [2.05, 4.69) is 39.4 Å². The Morgan fingerprint density at radius 2 is 1.93 bits per heavy atom. The van der Waals surface area contributed by atoms with E-state index in [0.717, 1.165) is 42.4 Å². The zero-order chi connectivity index (χ0) is 30.4. The van der Waals surface area contributed by atoms with Crippen LogP contribution in [0.5, 0.6) is 5.75 Å². The maximum atomic E-state index is 14.9. The third kappa shape index (κ3) is 8.08. The molecule has 0 bridgehead atoms. The number of benzene rings is 1.